The molecule has 1 rings (SSSR count). The second-order valence-corrected chi connectivity index (χ2v) is 3.25. The summed E-state index contributed by atoms with van der Waals surface area (Å²) in [5, 5.41) is 0. The summed E-state index contributed by atoms with van der Waals surface area (Å²) in [4.78, 5) is 0. The van der Waals surface area contributed by atoms with Crippen molar-refractivity contribution in [2.75, 3.05) is 5.73 Å². The molecule has 0 aliphatic carbocycles. The molecule has 0 bridgehead atoms. The van der Waals surface area contributed by atoms with E-state index >= 15 is 0 Å². The molecule has 1 aromatic rings. The number of hydrogen-bond acceptors (Lipinski definition) is 2. The Bertz CT molecular complexity index is 316. The van der Waals surface area contributed by atoms with Crippen molar-refractivity contribution in [1.29, 1.82) is 0 Å². The highest BCUT2D eigenvalue weighted by Gasteiger charge is 2.04. The molecule has 3 nitrogen and oxygen atoms in total. The second kappa shape index (κ2) is 3.64. The largest absolute Gasteiger partial charge is 0.399 e. The van der Waals surface area contributed by atoms with Gasteiger partial charge in [-0.25, -0.2) is 8.60 Å². The van der Waals surface area contributed by atoms with Gasteiger partial charge in [-0.2, -0.15) is 0 Å². The van der Waals surface area contributed by atoms with Gasteiger partial charge in [0, 0.05) is 11.3 Å². The molecule has 0 saturated carbocycles. The number of anilines is 1. The molecule has 0 radical (unpaired) electrons. The lowest BCUT2D eigenvalue weighted by Gasteiger charge is -2.00. The van der Waals surface area contributed by atoms with Crippen molar-refractivity contribution in [3.8, 4) is 0 Å². The number of rotatable bonds is 2. The standard InChI is InChI=1S/C7H8FNO2S/c8-7-2-1-6(9)3-5(7)4-12(10)11/h1-3H,4,9H2,(H,10,11). The van der Waals surface area contributed by atoms with Crippen molar-refractivity contribution in [1.82, 2.24) is 0 Å². The van der Waals surface area contributed by atoms with Crippen LogP contribution in [0.15, 0.2) is 18.2 Å². The van der Waals surface area contributed by atoms with Crippen LogP contribution in [0.4, 0.5) is 10.1 Å². The Morgan fingerprint density at radius 1 is 1.58 bits per heavy atom. The summed E-state index contributed by atoms with van der Waals surface area (Å²) in [6.45, 7) is 0. The van der Waals surface area contributed by atoms with E-state index in [9.17, 15) is 8.60 Å². The molecule has 0 aromatic heterocycles. The minimum atomic E-state index is -2.03. The maximum Gasteiger partial charge on any atom is 0.157 e. The zero-order valence-electron chi connectivity index (χ0n) is 6.16. The van der Waals surface area contributed by atoms with Crippen LogP contribution in [-0.4, -0.2) is 8.76 Å². The smallest absolute Gasteiger partial charge is 0.157 e. The minimum absolute atomic E-state index is 0.163. The van der Waals surface area contributed by atoms with Gasteiger partial charge in [-0.3, -0.25) is 0 Å². The Labute approximate surface area is 71.7 Å². The van der Waals surface area contributed by atoms with Gasteiger partial charge in [0.25, 0.3) is 0 Å². The van der Waals surface area contributed by atoms with Crippen molar-refractivity contribution in [2.45, 2.75) is 5.75 Å². The Morgan fingerprint density at radius 3 is 2.83 bits per heavy atom. The van der Waals surface area contributed by atoms with Gasteiger partial charge in [-0.15, -0.1) is 0 Å². The van der Waals surface area contributed by atoms with E-state index in [2.05, 4.69) is 0 Å². The van der Waals surface area contributed by atoms with Crippen LogP contribution < -0.4 is 5.73 Å². The lowest BCUT2D eigenvalue weighted by Crippen LogP contribution is -1.98. The molecule has 0 aliphatic rings. The van der Waals surface area contributed by atoms with Crippen LogP contribution in [-0.2, 0) is 16.8 Å². The fraction of sp³-hybridized carbons (Fsp3) is 0.143. The lowest BCUT2D eigenvalue weighted by molar-refractivity contribution is 0.559. The summed E-state index contributed by atoms with van der Waals surface area (Å²) in [5.74, 6) is -0.733. The van der Waals surface area contributed by atoms with Crippen LogP contribution in [0.2, 0.25) is 0 Å². The maximum absolute atomic E-state index is 12.8. The van der Waals surface area contributed by atoms with Crippen LogP contribution in [0, 0.1) is 5.82 Å². The minimum Gasteiger partial charge on any atom is -0.399 e. The predicted molar refractivity (Wildman–Crippen MR) is 45.3 cm³/mol. The Kier molecular flexibility index (Phi) is 2.78. The fourth-order valence-corrected chi connectivity index (χ4v) is 1.33. The van der Waals surface area contributed by atoms with E-state index in [1.807, 2.05) is 0 Å². The monoisotopic (exact) mass is 189 g/mol. The van der Waals surface area contributed by atoms with Crippen LogP contribution in [0.3, 0.4) is 0 Å². The molecular formula is C7H8FNO2S. The van der Waals surface area contributed by atoms with Crippen molar-refractivity contribution in [2.24, 2.45) is 0 Å². The van der Waals surface area contributed by atoms with Crippen molar-refractivity contribution in [3.05, 3.63) is 29.6 Å². The van der Waals surface area contributed by atoms with Gasteiger partial charge >= 0.3 is 0 Å². The quantitative estimate of drug-likeness (QED) is 0.541. The van der Waals surface area contributed by atoms with Gasteiger partial charge in [0.05, 0.1) is 5.75 Å². The number of hydrogen-bond donors (Lipinski definition) is 2. The van der Waals surface area contributed by atoms with E-state index in [-0.39, 0.29) is 11.3 Å². The SMILES string of the molecule is Nc1ccc(F)c(CS(=O)O)c1. The zero-order valence-corrected chi connectivity index (χ0v) is 6.97. The molecule has 0 heterocycles. The molecule has 0 spiro atoms. The van der Waals surface area contributed by atoms with Crippen molar-refractivity contribution >= 4 is 16.8 Å². The van der Waals surface area contributed by atoms with Gasteiger partial charge in [-0.1, -0.05) is 0 Å². The highest BCUT2D eigenvalue weighted by molar-refractivity contribution is 7.78. The molecule has 5 heteroatoms. The van der Waals surface area contributed by atoms with E-state index in [1.165, 1.54) is 18.2 Å². The average molecular weight is 189 g/mol. The van der Waals surface area contributed by atoms with Gasteiger partial charge in [0.15, 0.2) is 11.1 Å². The highest BCUT2D eigenvalue weighted by Crippen LogP contribution is 2.13. The van der Waals surface area contributed by atoms with E-state index < -0.39 is 16.9 Å². The molecule has 0 fully saturated rings. The zero-order chi connectivity index (χ0) is 9.14. The summed E-state index contributed by atoms with van der Waals surface area (Å²) in [6, 6.07) is 3.93. The van der Waals surface area contributed by atoms with Crippen LogP contribution in [0.1, 0.15) is 5.56 Å². The van der Waals surface area contributed by atoms with E-state index in [0.29, 0.717) is 5.69 Å². The third kappa shape index (κ3) is 2.28. The van der Waals surface area contributed by atoms with E-state index in [4.69, 9.17) is 10.3 Å². The molecule has 66 valence electrons. The van der Waals surface area contributed by atoms with Gasteiger partial charge in [0.1, 0.15) is 5.82 Å². The van der Waals surface area contributed by atoms with Crippen molar-refractivity contribution < 1.29 is 13.2 Å². The van der Waals surface area contributed by atoms with Gasteiger partial charge in [-0.05, 0) is 18.2 Å². The first-order chi connectivity index (χ1) is 5.59. The normalized spacial score (nSPS) is 12.8. The number of nitrogen functional groups attached to an aromatic ring is 1. The lowest BCUT2D eigenvalue weighted by atomic mass is 10.2. The number of benzene rings is 1. The predicted octanol–water partition coefficient (Wildman–Crippen LogP) is 1.13. The molecule has 12 heavy (non-hydrogen) atoms. The molecule has 0 saturated heterocycles. The molecule has 0 aliphatic heterocycles. The summed E-state index contributed by atoms with van der Waals surface area (Å²) >= 11 is -2.03. The van der Waals surface area contributed by atoms with Crippen LogP contribution >= 0.6 is 0 Å². The van der Waals surface area contributed by atoms with E-state index in [0.717, 1.165) is 0 Å². The summed E-state index contributed by atoms with van der Waals surface area (Å²) in [7, 11) is 0. The molecule has 1 aromatic carbocycles. The summed E-state index contributed by atoms with van der Waals surface area (Å²) in [6.07, 6.45) is 0. The Balaban J connectivity index is 2.97. The van der Waals surface area contributed by atoms with Gasteiger partial charge < -0.3 is 10.3 Å². The molecule has 1 unspecified atom stereocenters. The number of nitrogens with two attached hydrogens (primary N) is 1. The third-order valence-corrected chi connectivity index (χ3v) is 1.91. The molecule has 0 amide bonds. The third-order valence-electron chi connectivity index (χ3n) is 1.35. The second-order valence-electron chi connectivity index (χ2n) is 2.32. The summed E-state index contributed by atoms with van der Waals surface area (Å²) < 4.78 is 31.7. The van der Waals surface area contributed by atoms with Crippen molar-refractivity contribution in [3.63, 3.8) is 0 Å². The van der Waals surface area contributed by atoms with Crippen LogP contribution in [0.5, 0.6) is 0 Å². The first kappa shape index (κ1) is 9.15. The molecular weight excluding hydrogens is 181 g/mol. The molecule has 1 atom stereocenters. The van der Waals surface area contributed by atoms with Gasteiger partial charge in [0.2, 0.25) is 0 Å². The number of halogens is 1. The summed E-state index contributed by atoms with van der Waals surface area (Å²) in [5.41, 5.74) is 5.90. The Morgan fingerprint density at radius 2 is 2.25 bits per heavy atom. The van der Waals surface area contributed by atoms with E-state index in [1.54, 1.807) is 0 Å². The highest BCUT2D eigenvalue weighted by atomic mass is 32.2. The fourth-order valence-electron chi connectivity index (χ4n) is 0.838. The van der Waals surface area contributed by atoms with Crippen LogP contribution in [0.25, 0.3) is 0 Å². The average Bonchev–Trinajstić information content (AvgIpc) is 1.96. The maximum atomic E-state index is 12.8. The Hall–Kier alpha value is -0.940. The first-order valence-corrected chi connectivity index (χ1v) is 4.48. The first-order valence-electron chi connectivity index (χ1n) is 3.21. The molecule has 3 N–H and O–H groups in total. The topological polar surface area (TPSA) is 63.3 Å².